The Morgan fingerprint density at radius 3 is 2.55 bits per heavy atom. The van der Waals surface area contributed by atoms with Crippen LogP contribution in [0, 0.1) is 22.9 Å². The third-order valence-corrected chi connectivity index (χ3v) is 3.16. The summed E-state index contributed by atoms with van der Waals surface area (Å²) in [5.41, 5.74) is 2.12. The Balaban J connectivity index is 2.22. The largest absolute Gasteiger partial charge is 0.378 e. The molecule has 104 valence electrons. The van der Waals surface area contributed by atoms with Gasteiger partial charge in [0.25, 0.3) is 5.69 Å². The normalized spacial score (nSPS) is 11.9. The van der Waals surface area contributed by atoms with Gasteiger partial charge in [0.1, 0.15) is 5.82 Å². The van der Waals surface area contributed by atoms with Crippen molar-refractivity contribution in [3.8, 4) is 0 Å². The van der Waals surface area contributed by atoms with Crippen molar-refractivity contribution in [3.63, 3.8) is 0 Å². The highest BCUT2D eigenvalue weighted by Gasteiger charge is 2.13. The predicted molar refractivity (Wildman–Crippen MR) is 76.3 cm³/mol. The summed E-state index contributed by atoms with van der Waals surface area (Å²) in [6.07, 6.45) is 0. The van der Waals surface area contributed by atoms with Crippen LogP contribution in [0.5, 0.6) is 0 Å². The fourth-order valence-corrected chi connectivity index (χ4v) is 2.06. The molecule has 1 unspecified atom stereocenters. The molecule has 1 N–H and O–H groups in total. The summed E-state index contributed by atoms with van der Waals surface area (Å²) in [5, 5.41) is 13.9. The summed E-state index contributed by atoms with van der Waals surface area (Å²) >= 11 is 0. The van der Waals surface area contributed by atoms with Gasteiger partial charge in [0.2, 0.25) is 0 Å². The molecule has 1 atom stereocenters. The van der Waals surface area contributed by atoms with Gasteiger partial charge in [-0.15, -0.1) is 0 Å². The molecule has 0 aromatic heterocycles. The number of hydrogen-bond acceptors (Lipinski definition) is 3. The van der Waals surface area contributed by atoms with Gasteiger partial charge in [-0.25, -0.2) is 4.39 Å². The predicted octanol–water partition coefficient (Wildman–Crippen LogP) is 4.22. The standard InChI is InChI=1S/C15H15FN2O2/c1-10-9-12(18(19)20)7-8-15(10)17-11(2)13-5-3-4-6-14(13)16/h3-9,11,17H,1-2H3. The molecule has 0 spiro atoms. The highest BCUT2D eigenvalue weighted by atomic mass is 19.1. The number of nitrogens with zero attached hydrogens (tertiary/aromatic N) is 1. The third kappa shape index (κ3) is 2.93. The zero-order valence-electron chi connectivity index (χ0n) is 11.3. The Morgan fingerprint density at radius 1 is 1.25 bits per heavy atom. The van der Waals surface area contributed by atoms with E-state index in [-0.39, 0.29) is 17.5 Å². The molecular formula is C15H15FN2O2. The molecule has 2 aromatic carbocycles. The second-order valence-electron chi connectivity index (χ2n) is 4.64. The SMILES string of the molecule is Cc1cc([N+](=O)[O-])ccc1NC(C)c1ccccc1F. The van der Waals surface area contributed by atoms with Crippen molar-refractivity contribution >= 4 is 11.4 Å². The number of nitro benzene ring substituents is 1. The molecule has 5 heteroatoms. The van der Waals surface area contributed by atoms with E-state index >= 15 is 0 Å². The zero-order valence-corrected chi connectivity index (χ0v) is 11.3. The van der Waals surface area contributed by atoms with Crippen LogP contribution < -0.4 is 5.32 Å². The first-order valence-corrected chi connectivity index (χ1v) is 6.25. The van der Waals surface area contributed by atoms with Gasteiger partial charge in [-0.2, -0.15) is 0 Å². The van der Waals surface area contributed by atoms with Gasteiger partial charge in [-0.1, -0.05) is 18.2 Å². The van der Waals surface area contributed by atoms with Crippen molar-refractivity contribution < 1.29 is 9.31 Å². The number of rotatable bonds is 4. The van der Waals surface area contributed by atoms with E-state index in [9.17, 15) is 14.5 Å². The number of nitrogens with one attached hydrogen (secondary N) is 1. The lowest BCUT2D eigenvalue weighted by molar-refractivity contribution is -0.384. The van der Waals surface area contributed by atoms with Crippen LogP contribution in [0.1, 0.15) is 24.1 Å². The number of aryl methyl sites for hydroxylation is 1. The second kappa shape index (κ2) is 5.69. The third-order valence-electron chi connectivity index (χ3n) is 3.16. The number of hydrogen-bond donors (Lipinski definition) is 1. The first-order valence-electron chi connectivity index (χ1n) is 6.25. The van der Waals surface area contributed by atoms with E-state index < -0.39 is 4.92 Å². The van der Waals surface area contributed by atoms with E-state index in [4.69, 9.17) is 0 Å². The minimum absolute atomic E-state index is 0.0478. The van der Waals surface area contributed by atoms with Gasteiger partial charge in [0, 0.05) is 23.4 Å². The molecule has 0 aliphatic carbocycles. The van der Waals surface area contributed by atoms with Crippen molar-refractivity contribution in [3.05, 3.63) is 69.5 Å². The van der Waals surface area contributed by atoms with Gasteiger partial charge in [0.05, 0.1) is 11.0 Å². The molecule has 0 saturated heterocycles. The first kappa shape index (κ1) is 14.0. The Bertz CT molecular complexity index is 644. The molecule has 0 aliphatic rings. The molecule has 0 aliphatic heterocycles. The number of nitro groups is 1. The van der Waals surface area contributed by atoms with E-state index in [1.165, 1.54) is 18.2 Å². The Kier molecular flexibility index (Phi) is 3.98. The summed E-state index contributed by atoms with van der Waals surface area (Å²) in [7, 11) is 0. The summed E-state index contributed by atoms with van der Waals surface area (Å²) in [6, 6.07) is 10.9. The Morgan fingerprint density at radius 2 is 1.95 bits per heavy atom. The molecule has 0 radical (unpaired) electrons. The average Bonchev–Trinajstić information content (AvgIpc) is 2.41. The summed E-state index contributed by atoms with van der Waals surface area (Å²) < 4.78 is 13.7. The average molecular weight is 274 g/mol. The molecule has 4 nitrogen and oxygen atoms in total. The first-order chi connectivity index (χ1) is 9.49. The summed E-state index contributed by atoms with van der Waals surface area (Å²) in [5.74, 6) is -0.271. The highest BCUT2D eigenvalue weighted by molar-refractivity contribution is 5.56. The van der Waals surface area contributed by atoms with Crippen LogP contribution in [0.15, 0.2) is 42.5 Å². The van der Waals surface area contributed by atoms with Crippen LogP contribution in [0.3, 0.4) is 0 Å². The van der Waals surface area contributed by atoms with Crippen molar-refractivity contribution in [2.45, 2.75) is 19.9 Å². The van der Waals surface area contributed by atoms with E-state index in [1.807, 2.05) is 6.92 Å². The van der Waals surface area contributed by atoms with Crippen LogP contribution in [0.2, 0.25) is 0 Å². The molecule has 0 heterocycles. The van der Waals surface area contributed by atoms with E-state index in [0.29, 0.717) is 5.56 Å². The molecule has 0 fully saturated rings. The van der Waals surface area contributed by atoms with Crippen LogP contribution in [0.4, 0.5) is 15.8 Å². The molecule has 0 amide bonds. The molecule has 0 saturated carbocycles. The number of benzene rings is 2. The van der Waals surface area contributed by atoms with E-state index in [1.54, 1.807) is 31.2 Å². The minimum atomic E-state index is -0.433. The van der Waals surface area contributed by atoms with Crippen LogP contribution in [-0.2, 0) is 0 Å². The highest BCUT2D eigenvalue weighted by Crippen LogP contribution is 2.26. The maximum atomic E-state index is 13.7. The molecule has 20 heavy (non-hydrogen) atoms. The van der Waals surface area contributed by atoms with Gasteiger partial charge in [-0.05, 0) is 31.5 Å². The van der Waals surface area contributed by atoms with Gasteiger partial charge in [0.15, 0.2) is 0 Å². The fourth-order valence-electron chi connectivity index (χ4n) is 2.06. The van der Waals surface area contributed by atoms with Crippen LogP contribution in [0.25, 0.3) is 0 Å². The lowest BCUT2D eigenvalue weighted by Gasteiger charge is -2.17. The van der Waals surface area contributed by atoms with Gasteiger partial charge in [-0.3, -0.25) is 10.1 Å². The smallest absolute Gasteiger partial charge is 0.269 e. The van der Waals surface area contributed by atoms with Gasteiger partial charge >= 0.3 is 0 Å². The molecular weight excluding hydrogens is 259 g/mol. The Labute approximate surface area is 116 Å². The summed E-state index contributed by atoms with van der Waals surface area (Å²) in [6.45, 7) is 3.63. The van der Waals surface area contributed by atoms with E-state index in [2.05, 4.69) is 5.32 Å². The maximum Gasteiger partial charge on any atom is 0.269 e. The molecule has 2 rings (SSSR count). The number of non-ortho nitro benzene ring substituents is 1. The zero-order chi connectivity index (χ0) is 14.7. The van der Waals surface area contributed by atoms with Crippen LogP contribution in [-0.4, -0.2) is 4.92 Å². The second-order valence-corrected chi connectivity index (χ2v) is 4.64. The number of halogens is 1. The van der Waals surface area contributed by atoms with E-state index in [0.717, 1.165) is 11.3 Å². The summed E-state index contributed by atoms with van der Waals surface area (Å²) in [4.78, 5) is 10.3. The van der Waals surface area contributed by atoms with Gasteiger partial charge < -0.3 is 5.32 Å². The quantitative estimate of drug-likeness (QED) is 0.671. The monoisotopic (exact) mass is 274 g/mol. The minimum Gasteiger partial charge on any atom is -0.378 e. The molecule has 0 bridgehead atoms. The number of anilines is 1. The lowest BCUT2D eigenvalue weighted by atomic mass is 10.1. The van der Waals surface area contributed by atoms with Crippen molar-refractivity contribution in [1.82, 2.24) is 0 Å². The Hall–Kier alpha value is -2.43. The topological polar surface area (TPSA) is 55.2 Å². The maximum absolute atomic E-state index is 13.7. The van der Waals surface area contributed by atoms with Crippen molar-refractivity contribution in [2.75, 3.05) is 5.32 Å². The van der Waals surface area contributed by atoms with Crippen molar-refractivity contribution in [2.24, 2.45) is 0 Å². The van der Waals surface area contributed by atoms with Crippen molar-refractivity contribution in [1.29, 1.82) is 0 Å². The van der Waals surface area contributed by atoms with Crippen LogP contribution >= 0.6 is 0 Å². The lowest BCUT2D eigenvalue weighted by Crippen LogP contribution is -2.09. The fraction of sp³-hybridized carbons (Fsp3) is 0.200. The molecule has 2 aromatic rings.